The van der Waals surface area contributed by atoms with Crippen LogP contribution in [0.4, 0.5) is 0 Å². The molecule has 9 nitrogen and oxygen atoms in total. The second-order valence-electron chi connectivity index (χ2n) is 4.24. The Balaban J connectivity index is 2.00. The summed E-state index contributed by atoms with van der Waals surface area (Å²) in [7, 11) is 1.59. The maximum Gasteiger partial charge on any atom is 0.339 e. The van der Waals surface area contributed by atoms with Crippen LogP contribution in [0.25, 0.3) is 0 Å². The van der Waals surface area contributed by atoms with Gasteiger partial charge in [0.25, 0.3) is 0 Å². The van der Waals surface area contributed by atoms with Crippen LogP contribution >= 0.6 is 0 Å². The zero-order chi connectivity index (χ0) is 14.7. The molecular formula is C11H13N5O4. The van der Waals surface area contributed by atoms with Gasteiger partial charge in [0.15, 0.2) is 0 Å². The maximum absolute atomic E-state index is 11.9. The maximum atomic E-state index is 11.9. The highest BCUT2D eigenvalue weighted by atomic mass is 16.4. The number of aromatic carboxylic acids is 1. The molecular weight excluding hydrogens is 266 g/mol. The van der Waals surface area contributed by atoms with E-state index in [4.69, 9.17) is 9.52 Å². The van der Waals surface area contributed by atoms with Crippen LogP contribution in [-0.4, -0.2) is 49.1 Å². The molecule has 0 unspecified atom stereocenters. The number of tetrazole rings is 1. The predicted octanol–water partition coefficient (Wildman–Crippen LogP) is -0.0687. The minimum absolute atomic E-state index is 0.00891. The highest BCUT2D eigenvalue weighted by Crippen LogP contribution is 2.16. The van der Waals surface area contributed by atoms with Crippen molar-refractivity contribution in [2.45, 2.75) is 20.0 Å². The van der Waals surface area contributed by atoms with Gasteiger partial charge in [0.2, 0.25) is 5.91 Å². The lowest BCUT2D eigenvalue weighted by atomic mass is 10.2. The van der Waals surface area contributed by atoms with Gasteiger partial charge in [0.05, 0.1) is 6.54 Å². The third-order valence-electron chi connectivity index (χ3n) is 2.71. The Labute approximate surface area is 113 Å². The standard InChI is InChI=1S/C11H13N5O4/c1-7-9(11(18)19)3-8(20-7)4-15(2)10(17)5-16-6-12-13-14-16/h3,6H,4-5H2,1-2H3,(H,18,19). The van der Waals surface area contributed by atoms with Gasteiger partial charge >= 0.3 is 5.97 Å². The predicted molar refractivity (Wildman–Crippen MR) is 64.7 cm³/mol. The number of hydrogen-bond donors (Lipinski definition) is 1. The molecule has 2 aromatic heterocycles. The van der Waals surface area contributed by atoms with Gasteiger partial charge in [0.1, 0.15) is 30.0 Å². The molecule has 0 aliphatic heterocycles. The Kier molecular flexibility index (Phi) is 3.78. The van der Waals surface area contributed by atoms with E-state index in [1.54, 1.807) is 14.0 Å². The molecule has 0 spiro atoms. The quantitative estimate of drug-likeness (QED) is 0.814. The molecule has 0 fully saturated rings. The van der Waals surface area contributed by atoms with E-state index in [9.17, 15) is 9.59 Å². The lowest BCUT2D eigenvalue weighted by Gasteiger charge is -2.15. The molecule has 0 saturated carbocycles. The molecule has 20 heavy (non-hydrogen) atoms. The molecule has 0 bridgehead atoms. The summed E-state index contributed by atoms with van der Waals surface area (Å²) >= 11 is 0. The van der Waals surface area contributed by atoms with Gasteiger partial charge in [-0.2, -0.15) is 0 Å². The largest absolute Gasteiger partial charge is 0.478 e. The fourth-order valence-corrected chi connectivity index (χ4v) is 1.67. The average molecular weight is 279 g/mol. The van der Waals surface area contributed by atoms with E-state index in [0.717, 1.165) is 0 Å². The van der Waals surface area contributed by atoms with Crippen LogP contribution in [0.2, 0.25) is 0 Å². The number of amides is 1. The Bertz CT molecular complexity index is 619. The van der Waals surface area contributed by atoms with Gasteiger partial charge in [-0.25, -0.2) is 9.48 Å². The molecule has 0 atom stereocenters. The number of hydrogen-bond acceptors (Lipinski definition) is 6. The van der Waals surface area contributed by atoms with Crippen molar-refractivity contribution in [1.29, 1.82) is 0 Å². The van der Waals surface area contributed by atoms with Gasteiger partial charge in [0, 0.05) is 7.05 Å². The minimum atomic E-state index is -1.06. The first-order valence-electron chi connectivity index (χ1n) is 5.74. The van der Waals surface area contributed by atoms with Crippen LogP contribution in [0.3, 0.4) is 0 Å². The highest BCUT2D eigenvalue weighted by molar-refractivity contribution is 5.88. The molecule has 0 aliphatic rings. The van der Waals surface area contributed by atoms with Crippen molar-refractivity contribution in [2.24, 2.45) is 0 Å². The molecule has 106 valence electrons. The van der Waals surface area contributed by atoms with Crippen LogP contribution in [0.5, 0.6) is 0 Å². The Morgan fingerprint density at radius 1 is 1.50 bits per heavy atom. The summed E-state index contributed by atoms with van der Waals surface area (Å²) in [6.07, 6.45) is 1.34. The smallest absolute Gasteiger partial charge is 0.339 e. The molecule has 0 radical (unpaired) electrons. The number of carboxylic acid groups (broad SMARTS) is 1. The van der Waals surface area contributed by atoms with E-state index in [1.807, 2.05) is 0 Å². The van der Waals surface area contributed by atoms with Gasteiger partial charge in [-0.1, -0.05) is 0 Å². The van der Waals surface area contributed by atoms with Gasteiger partial charge < -0.3 is 14.4 Å². The van der Waals surface area contributed by atoms with Crippen LogP contribution in [-0.2, 0) is 17.9 Å². The average Bonchev–Trinajstić information content (AvgIpc) is 2.98. The molecule has 0 aliphatic carbocycles. The molecule has 2 rings (SSSR count). The first-order valence-corrected chi connectivity index (χ1v) is 5.74. The van der Waals surface area contributed by atoms with E-state index in [1.165, 1.54) is 22.0 Å². The van der Waals surface area contributed by atoms with E-state index in [0.29, 0.717) is 11.5 Å². The topological polar surface area (TPSA) is 114 Å². The number of carboxylic acids is 1. The Morgan fingerprint density at radius 3 is 2.80 bits per heavy atom. The summed E-state index contributed by atoms with van der Waals surface area (Å²) in [4.78, 5) is 24.2. The van der Waals surface area contributed by atoms with Crippen molar-refractivity contribution in [2.75, 3.05) is 7.05 Å². The van der Waals surface area contributed by atoms with Crippen molar-refractivity contribution >= 4 is 11.9 Å². The number of aryl methyl sites for hydroxylation is 1. The Morgan fingerprint density at radius 2 is 2.25 bits per heavy atom. The van der Waals surface area contributed by atoms with Crippen molar-refractivity contribution in [3.05, 3.63) is 29.5 Å². The number of furan rings is 1. The number of carbonyl (C=O) groups excluding carboxylic acids is 1. The van der Waals surface area contributed by atoms with Crippen molar-refractivity contribution in [3.8, 4) is 0 Å². The highest BCUT2D eigenvalue weighted by Gasteiger charge is 2.17. The van der Waals surface area contributed by atoms with Crippen molar-refractivity contribution < 1.29 is 19.1 Å². The summed E-state index contributed by atoms with van der Waals surface area (Å²) in [5.41, 5.74) is 0.0984. The van der Waals surface area contributed by atoms with Crippen molar-refractivity contribution in [3.63, 3.8) is 0 Å². The molecule has 9 heteroatoms. The van der Waals surface area contributed by atoms with Crippen LogP contribution in [0.1, 0.15) is 21.9 Å². The number of rotatable bonds is 5. The van der Waals surface area contributed by atoms with Crippen LogP contribution in [0.15, 0.2) is 16.8 Å². The summed E-state index contributed by atoms with van der Waals surface area (Å²) in [5, 5.41) is 19.4. The fourth-order valence-electron chi connectivity index (χ4n) is 1.67. The van der Waals surface area contributed by atoms with Crippen LogP contribution in [0, 0.1) is 6.92 Å². The SMILES string of the molecule is Cc1oc(CN(C)C(=O)Cn2cnnn2)cc1C(=O)O. The zero-order valence-electron chi connectivity index (χ0n) is 11.0. The second kappa shape index (κ2) is 5.51. The summed E-state index contributed by atoms with van der Waals surface area (Å²) in [6, 6.07) is 1.42. The minimum Gasteiger partial charge on any atom is -0.478 e. The number of aromatic nitrogens is 4. The number of likely N-dealkylation sites (N-methyl/N-ethyl adjacent to an activating group) is 1. The molecule has 2 aromatic rings. The summed E-state index contributed by atoms with van der Waals surface area (Å²) in [6.45, 7) is 1.75. The molecule has 0 saturated heterocycles. The van der Waals surface area contributed by atoms with E-state index < -0.39 is 5.97 Å². The molecule has 1 N–H and O–H groups in total. The zero-order valence-corrected chi connectivity index (χ0v) is 11.0. The number of carbonyl (C=O) groups is 2. The van der Waals surface area contributed by atoms with E-state index in [2.05, 4.69) is 15.5 Å². The third-order valence-corrected chi connectivity index (χ3v) is 2.71. The summed E-state index contributed by atoms with van der Waals surface area (Å²) in [5.74, 6) is -0.551. The normalized spacial score (nSPS) is 10.5. The lowest BCUT2D eigenvalue weighted by molar-refractivity contribution is -0.131. The monoisotopic (exact) mass is 279 g/mol. The van der Waals surface area contributed by atoms with E-state index in [-0.39, 0.29) is 24.6 Å². The Hall–Kier alpha value is -2.71. The second-order valence-corrected chi connectivity index (χ2v) is 4.24. The van der Waals surface area contributed by atoms with Gasteiger partial charge in [-0.05, 0) is 23.4 Å². The first-order chi connectivity index (χ1) is 9.47. The van der Waals surface area contributed by atoms with E-state index >= 15 is 0 Å². The van der Waals surface area contributed by atoms with Gasteiger partial charge in [-0.3, -0.25) is 4.79 Å². The lowest BCUT2D eigenvalue weighted by Crippen LogP contribution is -2.29. The molecule has 2 heterocycles. The molecule has 1 amide bonds. The van der Waals surface area contributed by atoms with Crippen molar-refractivity contribution in [1.82, 2.24) is 25.1 Å². The molecule has 0 aromatic carbocycles. The van der Waals surface area contributed by atoms with Crippen LogP contribution < -0.4 is 0 Å². The first kappa shape index (κ1) is 13.7. The van der Waals surface area contributed by atoms with Gasteiger partial charge in [-0.15, -0.1) is 5.10 Å². The third kappa shape index (κ3) is 2.99. The fraction of sp³-hybridized carbons (Fsp3) is 0.364. The summed E-state index contributed by atoms with van der Waals surface area (Å²) < 4.78 is 6.61. The number of nitrogens with zero attached hydrogens (tertiary/aromatic N) is 5.